The molecule has 2 aromatic heterocycles. The fraction of sp³-hybridized carbons (Fsp3) is 0.400. The third kappa shape index (κ3) is 4.17. The van der Waals surface area contributed by atoms with Gasteiger partial charge in [0.15, 0.2) is 5.82 Å². The standard InChI is InChI=1S/C15H18N6O4/c22-13(11-7-16-1-2-17-11)20-8-15(24)9-21(5-6-25-10-15)14(23)12-18-3-4-19-12/h1-4,7,24H,5-6,8-10H2,(H,18,19)(H,20,22)/t15-/m1/s1. The second kappa shape index (κ2) is 7.36. The van der Waals surface area contributed by atoms with Crippen molar-refractivity contribution >= 4 is 11.8 Å². The maximum Gasteiger partial charge on any atom is 0.289 e. The number of rotatable bonds is 4. The zero-order chi connectivity index (χ0) is 17.7. The lowest BCUT2D eigenvalue weighted by molar-refractivity contribution is -0.0325. The topological polar surface area (TPSA) is 133 Å². The molecule has 10 heteroatoms. The molecule has 0 saturated carbocycles. The smallest absolute Gasteiger partial charge is 0.289 e. The fourth-order valence-electron chi connectivity index (χ4n) is 2.48. The largest absolute Gasteiger partial charge is 0.384 e. The summed E-state index contributed by atoms with van der Waals surface area (Å²) in [6.45, 7) is 0.514. The van der Waals surface area contributed by atoms with E-state index in [1.165, 1.54) is 29.7 Å². The highest BCUT2D eigenvalue weighted by Crippen LogP contribution is 2.14. The molecule has 1 aliphatic heterocycles. The molecule has 0 aliphatic carbocycles. The van der Waals surface area contributed by atoms with Crippen LogP contribution in [0.1, 0.15) is 21.1 Å². The van der Waals surface area contributed by atoms with Crippen molar-refractivity contribution in [1.82, 2.24) is 30.2 Å². The van der Waals surface area contributed by atoms with Gasteiger partial charge in [0.1, 0.15) is 11.3 Å². The molecule has 3 rings (SSSR count). The van der Waals surface area contributed by atoms with Gasteiger partial charge in [-0.2, -0.15) is 0 Å². The number of ether oxygens (including phenoxy) is 1. The Kier molecular flexibility index (Phi) is 5.00. The van der Waals surface area contributed by atoms with Crippen molar-refractivity contribution in [2.75, 3.05) is 32.8 Å². The van der Waals surface area contributed by atoms with E-state index in [1.54, 1.807) is 6.20 Å². The molecule has 3 N–H and O–H groups in total. The van der Waals surface area contributed by atoms with Gasteiger partial charge < -0.3 is 25.0 Å². The monoisotopic (exact) mass is 346 g/mol. The van der Waals surface area contributed by atoms with E-state index in [0.29, 0.717) is 6.54 Å². The van der Waals surface area contributed by atoms with Crippen LogP contribution in [-0.2, 0) is 4.74 Å². The number of aromatic amines is 1. The quantitative estimate of drug-likeness (QED) is 0.635. The maximum atomic E-state index is 12.4. The number of carbonyl (C=O) groups is 2. The number of nitrogens with one attached hydrogen (secondary N) is 2. The van der Waals surface area contributed by atoms with Gasteiger partial charge in [0.25, 0.3) is 11.8 Å². The van der Waals surface area contributed by atoms with Crippen LogP contribution in [0.25, 0.3) is 0 Å². The Morgan fingerprint density at radius 3 is 2.96 bits per heavy atom. The van der Waals surface area contributed by atoms with Crippen molar-refractivity contribution in [3.63, 3.8) is 0 Å². The first kappa shape index (κ1) is 17.0. The van der Waals surface area contributed by atoms with Gasteiger partial charge in [-0.3, -0.25) is 14.6 Å². The summed E-state index contributed by atoms with van der Waals surface area (Å²) in [6.07, 6.45) is 7.23. The Balaban J connectivity index is 1.64. The van der Waals surface area contributed by atoms with Crippen LogP contribution >= 0.6 is 0 Å². The number of β-amino-alcohol motifs (C(OH)–C–C–N with tert-alkyl or cyclic N) is 1. The highest BCUT2D eigenvalue weighted by Gasteiger charge is 2.35. The molecule has 0 spiro atoms. The number of H-pyrrole nitrogens is 1. The summed E-state index contributed by atoms with van der Waals surface area (Å²) in [7, 11) is 0. The van der Waals surface area contributed by atoms with Gasteiger partial charge >= 0.3 is 0 Å². The predicted molar refractivity (Wildman–Crippen MR) is 84.6 cm³/mol. The van der Waals surface area contributed by atoms with Crippen molar-refractivity contribution in [3.05, 3.63) is 42.5 Å². The molecule has 1 atom stereocenters. The Hall–Kier alpha value is -2.85. The number of carbonyl (C=O) groups excluding carboxylic acids is 2. The molecule has 1 fully saturated rings. The normalized spacial score (nSPS) is 20.8. The summed E-state index contributed by atoms with van der Waals surface area (Å²) in [4.78, 5) is 40.3. The van der Waals surface area contributed by atoms with E-state index in [2.05, 4.69) is 25.3 Å². The van der Waals surface area contributed by atoms with E-state index in [0.717, 1.165) is 0 Å². The van der Waals surface area contributed by atoms with E-state index in [9.17, 15) is 14.7 Å². The number of aliphatic hydroxyl groups is 1. The molecular weight excluding hydrogens is 328 g/mol. The van der Waals surface area contributed by atoms with Gasteiger partial charge in [-0.05, 0) is 0 Å². The Labute approximate surface area is 143 Å². The first-order valence-electron chi connectivity index (χ1n) is 7.70. The third-order valence-corrected chi connectivity index (χ3v) is 3.72. The number of nitrogens with zero attached hydrogens (tertiary/aromatic N) is 4. The van der Waals surface area contributed by atoms with Crippen molar-refractivity contribution in [2.45, 2.75) is 5.60 Å². The minimum atomic E-state index is -1.42. The average molecular weight is 346 g/mol. The van der Waals surface area contributed by atoms with Crippen LogP contribution in [0.5, 0.6) is 0 Å². The Morgan fingerprint density at radius 2 is 2.24 bits per heavy atom. The second-order valence-corrected chi connectivity index (χ2v) is 5.71. The van der Waals surface area contributed by atoms with E-state index < -0.39 is 11.5 Å². The molecule has 2 aromatic rings. The van der Waals surface area contributed by atoms with Gasteiger partial charge in [-0.1, -0.05) is 0 Å². The van der Waals surface area contributed by atoms with Crippen LogP contribution in [-0.4, -0.2) is 80.2 Å². The second-order valence-electron chi connectivity index (χ2n) is 5.71. The molecule has 1 saturated heterocycles. The lowest BCUT2D eigenvalue weighted by atomic mass is 10.0. The SMILES string of the molecule is O=C(NC[C@]1(O)COCCN(C(=O)c2ncc[nH]2)C1)c1cnccn1. The van der Waals surface area contributed by atoms with Gasteiger partial charge in [-0.15, -0.1) is 0 Å². The summed E-state index contributed by atoms with van der Waals surface area (Å²) in [6, 6.07) is 0. The average Bonchev–Trinajstić information content (AvgIpc) is 3.10. The van der Waals surface area contributed by atoms with Crippen molar-refractivity contribution in [1.29, 1.82) is 0 Å². The van der Waals surface area contributed by atoms with Crippen LogP contribution in [0.15, 0.2) is 31.0 Å². The first-order chi connectivity index (χ1) is 12.1. The number of amides is 2. The number of hydrogen-bond acceptors (Lipinski definition) is 7. The molecule has 0 aromatic carbocycles. The highest BCUT2D eigenvalue weighted by atomic mass is 16.5. The van der Waals surface area contributed by atoms with Crippen LogP contribution < -0.4 is 5.32 Å². The Morgan fingerprint density at radius 1 is 1.36 bits per heavy atom. The molecular formula is C15H18N6O4. The van der Waals surface area contributed by atoms with E-state index in [4.69, 9.17) is 4.74 Å². The van der Waals surface area contributed by atoms with Crippen LogP contribution in [0.3, 0.4) is 0 Å². The summed E-state index contributed by atoms with van der Waals surface area (Å²) < 4.78 is 5.39. The zero-order valence-corrected chi connectivity index (χ0v) is 13.4. The van der Waals surface area contributed by atoms with E-state index in [-0.39, 0.29) is 43.7 Å². The molecule has 132 valence electrons. The first-order valence-corrected chi connectivity index (χ1v) is 7.70. The lowest BCUT2D eigenvalue weighted by Gasteiger charge is -2.30. The van der Waals surface area contributed by atoms with Gasteiger partial charge in [-0.25, -0.2) is 9.97 Å². The van der Waals surface area contributed by atoms with Crippen molar-refractivity contribution in [3.8, 4) is 0 Å². The summed E-state index contributed by atoms with van der Waals surface area (Å²) in [5.74, 6) is -0.614. The minimum Gasteiger partial charge on any atom is -0.384 e. The summed E-state index contributed by atoms with van der Waals surface area (Å²) in [5.41, 5.74) is -1.28. The van der Waals surface area contributed by atoms with Gasteiger partial charge in [0.2, 0.25) is 0 Å². The lowest BCUT2D eigenvalue weighted by Crippen LogP contribution is -2.53. The molecule has 25 heavy (non-hydrogen) atoms. The van der Waals surface area contributed by atoms with Gasteiger partial charge in [0.05, 0.1) is 32.5 Å². The molecule has 10 nitrogen and oxygen atoms in total. The molecule has 3 heterocycles. The van der Waals surface area contributed by atoms with Crippen LogP contribution in [0.2, 0.25) is 0 Å². The van der Waals surface area contributed by atoms with Crippen molar-refractivity contribution < 1.29 is 19.4 Å². The minimum absolute atomic E-state index is 0.00428. The third-order valence-electron chi connectivity index (χ3n) is 3.72. The van der Waals surface area contributed by atoms with E-state index in [1.807, 2.05) is 0 Å². The van der Waals surface area contributed by atoms with E-state index >= 15 is 0 Å². The highest BCUT2D eigenvalue weighted by molar-refractivity contribution is 5.92. The molecule has 1 aliphatic rings. The fourth-order valence-corrected chi connectivity index (χ4v) is 2.48. The molecule has 0 radical (unpaired) electrons. The number of imidazole rings is 1. The molecule has 2 amide bonds. The Bertz CT molecular complexity index is 723. The summed E-state index contributed by atoms with van der Waals surface area (Å²) in [5, 5.41) is 13.4. The zero-order valence-electron chi connectivity index (χ0n) is 13.4. The van der Waals surface area contributed by atoms with Crippen LogP contribution in [0.4, 0.5) is 0 Å². The van der Waals surface area contributed by atoms with Gasteiger partial charge in [0, 0.05) is 31.3 Å². The van der Waals surface area contributed by atoms with Crippen molar-refractivity contribution in [2.24, 2.45) is 0 Å². The molecule has 0 bridgehead atoms. The number of hydrogen-bond donors (Lipinski definition) is 3. The number of aromatic nitrogens is 4. The summed E-state index contributed by atoms with van der Waals surface area (Å²) >= 11 is 0. The predicted octanol–water partition coefficient (Wildman–Crippen LogP) is -1.17. The molecule has 0 unspecified atom stereocenters. The van der Waals surface area contributed by atoms with Crippen LogP contribution in [0, 0.1) is 0 Å². The maximum absolute atomic E-state index is 12.4.